The molecule has 0 aliphatic heterocycles. The van der Waals surface area contributed by atoms with Gasteiger partial charge in [0, 0.05) is 12.8 Å². The zero-order valence-corrected chi connectivity index (χ0v) is 21.2. The third-order valence-electron chi connectivity index (χ3n) is 5.12. The predicted molar refractivity (Wildman–Crippen MR) is 133 cm³/mol. The summed E-state index contributed by atoms with van der Waals surface area (Å²) in [6.07, 6.45) is 2.01. The molecule has 0 saturated carbocycles. The van der Waals surface area contributed by atoms with Gasteiger partial charge in [-0.25, -0.2) is 4.79 Å². The monoisotopic (exact) mass is 534 g/mol. The van der Waals surface area contributed by atoms with Crippen LogP contribution in [0.2, 0.25) is 0 Å². The second kappa shape index (κ2) is 18.4. The molecular formula is C21H38N6O8S. The second-order valence-electron chi connectivity index (χ2n) is 8.13. The van der Waals surface area contributed by atoms with Crippen LogP contribution in [0.3, 0.4) is 0 Å². The molecule has 4 unspecified atom stereocenters. The van der Waals surface area contributed by atoms with Crippen molar-refractivity contribution in [3.05, 3.63) is 0 Å². The molecule has 0 saturated heterocycles. The maximum atomic E-state index is 13.0. The number of nitrogens with one attached hydrogen (secondary N) is 3. The van der Waals surface area contributed by atoms with Crippen LogP contribution in [0.5, 0.6) is 0 Å². The molecule has 206 valence electrons. The highest BCUT2D eigenvalue weighted by Crippen LogP contribution is 2.07. The largest absolute Gasteiger partial charge is 0.481 e. The summed E-state index contributed by atoms with van der Waals surface area (Å²) in [6.45, 7) is 0.323. The minimum absolute atomic E-state index is 0.101. The Balaban J connectivity index is 5.55. The van der Waals surface area contributed by atoms with Crippen molar-refractivity contribution in [1.82, 2.24) is 16.0 Å². The van der Waals surface area contributed by atoms with Gasteiger partial charge in [-0.1, -0.05) is 0 Å². The lowest BCUT2D eigenvalue weighted by atomic mass is 10.0. The van der Waals surface area contributed by atoms with Crippen LogP contribution >= 0.6 is 11.8 Å². The third-order valence-corrected chi connectivity index (χ3v) is 5.77. The van der Waals surface area contributed by atoms with Gasteiger partial charge in [-0.3, -0.25) is 24.0 Å². The summed E-state index contributed by atoms with van der Waals surface area (Å²) >= 11 is 1.48. The minimum Gasteiger partial charge on any atom is -0.481 e. The Hall–Kier alpha value is -2.91. The number of hydrogen-bond donors (Lipinski definition) is 8. The van der Waals surface area contributed by atoms with Crippen molar-refractivity contribution in [2.24, 2.45) is 17.2 Å². The van der Waals surface area contributed by atoms with Crippen molar-refractivity contribution in [3.8, 4) is 0 Å². The molecule has 0 aliphatic rings. The first-order valence-corrected chi connectivity index (χ1v) is 12.9. The second-order valence-corrected chi connectivity index (χ2v) is 9.12. The average Bonchev–Trinajstić information content (AvgIpc) is 2.81. The zero-order chi connectivity index (χ0) is 27.7. The molecule has 0 aromatic carbocycles. The number of aliphatic carboxylic acids is 2. The topological polar surface area (TPSA) is 257 Å². The number of primary amides is 1. The molecule has 0 aromatic rings. The molecule has 0 fully saturated rings. The van der Waals surface area contributed by atoms with Gasteiger partial charge in [0.25, 0.3) is 0 Å². The van der Waals surface area contributed by atoms with Crippen LogP contribution in [0, 0.1) is 0 Å². The number of amides is 4. The van der Waals surface area contributed by atoms with E-state index in [4.69, 9.17) is 22.3 Å². The normalized spacial score (nSPS) is 14.1. The van der Waals surface area contributed by atoms with E-state index in [-0.39, 0.29) is 25.7 Å². The van der Waals surface area contributed by atoms with E-state index in [0.29, 0.717) is 31.6 Å². The van der Waals surface area contributed by atoms with E-state index in [1.54, 1.807) is 0 Å². The Morgan fingerprint density at radius 1 is 0.778 bits per heavy atom. The van der Waals surface area contributed by atoms with Crippen LogP contribution in [0.1, 0.15) is 51.4 Å². The van der Waals surface area contributed by atoms with Crippen LogP contribution in [-0.2, 0) is 28.8 Å². The van der Waals surface area contributed by atoms with E-state index in [1.807, 2.05) is 6.26 Å². The molecule has 0 bridgehead atoms. The standard InChI is InChI=1S/C21H38N6O8S/c1-36-11-9-12(23)18(31)25-14(6-8-17(29)30)20(33)26-13(4-2-3-10-22)19(32)27-15(21(34)35)5-7-16(24)28/h12-15H,2-11,22-23H2,1H3,(H2,24,28)(H,25,31)(H,26,33)(H,27,32)(H,29,30)(H,34,35). The van der Waals surface area contributed by atoms with Crippen molar-refractivity contribution in [1.29, 1.82) is 0 Å². The lowest BCUT2D eigenvalue weighted by Gasteiger charge is -2.25. The van der Waals surface area contributed by atoms with E-state index < -0.39 is 66.2 Å². The molecule has 11 N–H and O–H groups in total. The van der Waals surface area contributed by atoms with Gasteiger partial charge in [-0.2, -0.15) is 11.8 Å². The van der Waals surface area contributed by atoms with Gasteiger partial charge in [0.1, 0.15) is 18.1 Å². The summed E-state index contributed by atoms with van der Waals surface area (Å²) in [6, 6.07) is -4.82. The Labute approximate surface area is 213 Å². The first-order chi connectivity index (χ1) is 16.9. The number of carbonyl (C=O) groups is 6. The molecule has 15 heteroatoms. The van der Waals surface area contributed by atoms with E-state index in [9.17, 15) is 33.9 Å². The third kappa shape index (κ3) is 14.5. The van der Waals surface area contributed by atoms with Gasteiger partial charge in [-0.15, -0.1) is 0 Å². The van der Waals surface area contributed by atoms with Crippen LogP contribution in [-0.4, -0.2) is 88.5 Å². The molecule has 0 heterocycles. The Morgan fingerprint density at radius 2 is 1.31 bits per heavy atom. The fourth-order valence-corrected chi connectivity index (χ4v) is 3.53. The fraction of sp³-hybridized carbons (Fsp3) is 0.714. The molecule has 0 aromatic heterocycles. The predicted octanol–water partition coefficient (Wildman–Crippen LogP) is -2.13. The smallest absolute Gasteiger partial charge is 0.326 e. The van der Waals surface area contributed by atoms with E-state index in [1.165, 1.54) is 11.8 Å². The van der Waals surface area contributed by atoms with Gasteiger partial charge in [0.15, 0.2) is 0 Å². The van der Waals surface area contributed by atoms with Gasteiger partial charge >= 0.3 is 11.9 Å². The van der Waals surface area contributed by atoms with Gasteiger partial charge in [-0.05, 0) is 57.1 Å². The molecule has 0 radical (unpaired) electrons. The van der Waals surface area contributed by atoms with Crippen LogP contribution in [0.4, 0.5) is 0 Å². The van der Waals surface area contributed by atoms with Crippen molar-refractivity contribution < 1.29 is 39.0 Å². The lowest BCUT2D eigenvalue weighted by molar-refractivity contribution is -0.142. The van der Waals surface area contributed by atoms with Gasteiger partial charge in [0.05, 0.1) is 6.04 Å². The minimum atomic E-state index is -1.42. The Kier molecular flexibility index (Phi) is 16.9. The molecular weight excluding hydrogens is 496 g/mol. The van der Waals surface area contributed by atoms with Crippen LogP contribution in [0.15, 0.2) is 0 Å². The van der Waals surface area contributed by atoms with Crippen LogP contribution in [0.25, 0.3) is 0 Å². The van der Waals surface area contributed by atoms with E-state index >= 15 is 0 Å². The van der Waals surface area contributed by atoms with E-state index in [0.717, 1.165) is 0 Å². The molecule has 0 aliphatic carbocycles. The number of hydrogen-bond acceptors (Lipinski definition) is 9. The number of carboxylic acids is 2. The highest BCUT2D eigenvalue weighted by Gasteiger charge is 2.30. The van der Waals surface area contributed by atoms with Crippen molar-refractivity contribution in [3.63, 3.8) is 0 Å². The number of thioether (sulfide) groups is 1. The van der Waals surface area contributed by atoms with Crippen molar-refractivity contribution >= 4 is 47.3 Å². The zero-order valence-electron chi connectivity index (χ0n) is 20.4. The maximum Gasteiger partial charge on any atom is 0.326 e. The highest BCUT2D eigenvalue weighted by atomic mass is 32.2. The number of nitrogens with two attached hydrogens (primary N) is 3. The molecule has 0 spiro atoms. The molecule has 14 nitrogen and oxygen atoms in total. The molecule has 0 rings (SSSR count). The van der Waals surface area contributed by atoms with Crippen molar-refractivity contribution in [2.75, 3.05) is 18.6 Å². The fourth-order valence-electron chi connectivity index (χ4n) is 3.04. The van der Waals surface area contributed by atoms with Crippen LogP contribution < -0.4 is 33.2 Å². The average molecular weight is 535 g/mol. The summed E-state index contributed by atoms with van der Waals surface area (Å²) in [4.78, 5) is 71.8. The number of rotatable bonds is 20. The van der Waals surface area contributed by atoms with Gasteiger partial charge < -0.3 is 43.4 Å². The number of carbonyl (C=O) groups excluding carboxylic acids is 4. The lowest BCUT2D eigenvalue weighted by Crippen LogP contribution is -2.57. The summed E-state index contributed by atoms with van der Waals surface area (Å²) in [5.74, 6) is -5.00. The summed E-state index contributed by atoms with van der Waals surface area (Å²) in [5, 5.41) is 25.6. The maximum absolute atomic E-state index is 13.0. The van der Waals surface area contributed by atoms with E-state index in [2.05, 4.69) is 16.0 Å². The molecule has 36 heavy (non-hydrogen) atoms. The molecule has 4 amide bonds. The quantitative estimate of drug-likeness (QED) is 0.0782. The number of unbranched alkanes of at least 4 members (excludes halogenated alkanes) is 1. The van der Waals surface area contributed by atoms with Gasteiger partial charge in [0.2, 0.25) is 23.6 Å². The molecule has 4 atom stereocenters. The first-order valence-electron chi connectivity index (χ1n) is 11.5. The summed E-state index contributed by atoms with van der Waals surface area (Å²) in [5.41, 5.74) is 16.4. The highest BCUT2D eigenvalue weighted by molar-refractivity contribution is 7.98. The first kappa shape index (κ1) is 33.1. The Bertz CT molecular complexity index is 769. The SMILES string of the molecule is CSCCC(N)C(=O)NC(CCC(=O)O)C(=O)NC(CCCCN)C(=O)NC(CCC(N)=O)C(=O)O. The summed E-state index contributed by atoms with van der Waals surface area (Å²) in [7, 11) is 0. The summed E-state index contributed by atoms with van der Waals surface area (Å²) < 4.78 is 0. The van der Waals surface area contributed by atoms with Crippen molar-refractivity contribution in [2.45, 2.75) is 75.5 Å². The number of carboxylic acid groups (broad SMARTS) is 2. The Morgan fingerprint density at radius 3 is 1.81 bits per heavy atom.